The fourth-order valence-corrected chi connectivity index (χ4v) is 3.82. The first-order valence-electron chi connectivity index (χ1n) is 17.8. The summed E-state index contributed by atoms with van der Waals surface area (Å²) in [6.07, 6.45) is 7.44. The second-order valence-corrected chi connectivity index (χ2v) is 18.7. The van der Waals surface area contributed by atoms with E-state index in [1.165, 1.54) is 17.2 Å². The zero-order chi connectivity index (χ0) is 41.6. The van der Waals surface area contributed by atoms with Gasteiger partial charge in [0.05, 0.1) is 6.10 Å². The average Bonchev–Trinajstić information content (AvgIpc) is 2.93. The van der Waals surface area contributed by atoms with Crippen LogP contribution in [0, 0.1) is 27.1 Å². The molecule has 0 saturated carbocycles. The molecule has 0 aliphatic rings. The molecule has 0 amide bonds. The molecular weight excluding hydrogens is 633 g/mol. The Labute approximate surface area is 315 Å². The number of allylic oxidation sites excluding steroid dienone is 3. The minimum atomic E-state index is -0.599. The smallest absolute Gasteiger partial charge is 0.333 e. The largest absolute Gasteiger partial charge is 0.460 e. The van der Waals surface area contributed by atoms with E-state index in [0.29, 0.717) is 28.4 Å². The molecular formula is C46H78O5. The van der Waals surface area contributed by atoms with Gasteiger partial charge < -0.3 is 9.84 Å². The first-order valence-corrected chi connectivity index (χ1v) is 17.8. The van der Waals surface area contributed by atoms with Gasteiger partial charge in [0.15, 0.2) is 11.6 Å². The van der Waals surface area contributed by atoms with Crippen molar-refractivity contribution in [3.05, 3.63) is 91.6 Å². The summed E-state index contributed by atoms with van der Waals surface area (Å²) in [6, 6.07) is 8.60. The number of benzene rings is 1. The van der Waals surface area contributed by atoms with Gasteiger partial charge in [-0.2, -0.15) is 0 Å². The Morgan fingerprint density at radius 1 is 0.706 bits per heavy atom. The summed E-state index contributed by atoms with van der Waals surface area (Å²) >= 11 is 0. The number of ether oxygens (including phenoxy) is 1. The van der Waals surface area contributed by atoms with Crippen LogP contribution in [0.3, 0.4) is 0 Å². The van der Waals surface area contributed by atoms with Gasteiger partial charge in [-0.3, -0.25) is 9.59 Å². The molecule has 1 unspecified atom stereocenters. The Morgan fingerprint density at radius 2 is 1.16 bits per heavy atom. The van der Waals surface area contributed by atoms with Gasteiger partial charge in [-0.1, -0.05) is 167 Å². The Morgan fingerprint density at radius 3 is 1.35 bits per heavy atom. The maximum atomic E-state index is 11.1. The van der Waals surface area contributed by atoms with Crippen molar-refractivity contribution in [2.45, 2.75) is 143 Å². The zero-order valence-corrected chi connectivity index (χ0v) is 36.1. The third kappa shape index (κ3) is 37.8. The molecule has 0 saturated heterocycles. The number of aliphatic hydroxyl groups excluding tert-OH is 1. The number of carbonyl (C=O) groups is 3. The molecule has 0 aliphatic carbocycles. The van der Waals surface area contributed by atoms with E-state index in [-0.39, 0.29) is 34.4 Å². The van der Waals surface area contributed by atoms with Gasteiger partial charge in [-0.05, 0) is 72.1 Å². The van der Waals surface area contributed by atoms with Crippen LogP contribution < -0.4 is 0 Å². The summed E-state index contributed by atoms with van der Waals surface area (Å²) < 4.78 is 4.82. The van der Waals surface area contributed by atoms with Crippen LogP contribution in [0.15, 0.2) is 80.5 Å². The lowest BCUT2D eigenvalue weighted by molar-refractivity contribution is -0.142. The van der Waals surface area contributed by atoms with Crippen LogP contribution in [-0.4, -0.2) is 35.4 Å². The zero-order valence-electron chi connectivity index (χ0n) is 36.1. The minimum Gasteiger partial charge on any atom is -0.460 e. The molecule has 0 aromatic heterocycles. The fraction of sp³-hybridized carbons (Fsp3) is 0.587. The molecule has 1 aromatic rings. The molecule has 1 rings (SSSR count). The second kappa shape index (κ2) is 24.8. The monoisotopic (exact) mass is 711 g/mol. The topological polar surface area (TPSA) is 80.7 Å². The molecule has 0 heterocycles. The number of rotatable bonds is 9. The number of hydrogen-bond acceptors (Lipinski definition) is 5. The van der Waals surface area contributed by atoms with Crippen molar-refractivity contribution in [2.24, 2.45) is 27.1 Å². The minimum absolute atomic E-state index is 0.0368. The molecule has 292 valence electrons. The molecule has 51 heavy (non-hydrogen) atoms. The molecule has 5 heteroatoms. The van der Waals surface area contributed by atoms with Crippen LogP contribution in [0.25, 0.3) is 6.08 Å². The van der Waals surface area contributed by atoms with E-state index < -0.39 is 12.1 Å². The van der Waals surface area contributed by atoms with Crippen LogP contribution >= 0.6 is 0 Å². The Balaban J connectivity index is -0.000000278. The molecule has 1 aromatic carbocycles. The van der Waals surface area contributed by atoms with Crippen molar-refractivity contribution in [2.75, 3.05) is 6.61 Å². The summed E-state index contributed by atoms with van der Waals surface area (Å²) in [5.74, 6) is -0.210. The molecule has 0 aliphatic heterocycles. The second-order valence-electron chi connectivity index (χ2n) is 18.7. The average molecular weight is 711 g/mol. The number of Topliss-reactive ketones (excluding diaryl/α,β-unsaturated/α-hetero) is 1. The highest BCUT2D eigenvalue weighted by molar-refractivity contribution is 5.98. The Kier molecular flexibility index (Phi) is 26.5. The standard InChI is InChI=1S/C13H18.C11H20O3.C8H14O.C7H12O.C7H14/c1-5-11-6-8-12(9-7-11)10-13(2,3)4;1-8(2)10(13)14-7-9(12)6-11(3,4)5;1-6(2)7(9)8(3,4)5;1-5-6(8)7(2,3)4;1-5-6-7(2,3)4/h5-9H,1,10H2,2-4H3;9,12H,1,6-7H2,2-5H3;1H2,2-5H3;5H,1H2,2-4H3;5H,1,6H2,2-4H3. The quantitative estimate of drug-likeness (QED) is 0.157. The molecule has 1 N–H and O–H groups in total. The number of ketones is 2. The highest BCUT2D eigenvalue weighted by Gasteiger charge is 2.21. The third-order valence-electron chi connectivity index (χ3n) is 6.30. The van der Waals surface area contributed by atoms with Crippen LogP contribution in [0.1, 0.15) is 142 Å². The number of carbonyl (C=O) groups excluding carboxylic acids is 3. The Bertz CT molecular complexity index is 1230. The summed E-state index contributed by atoms with van der Waals surface area (Å²) in [5, 5.41) is 9.51. The van der Waals surface area contributed by atoms with Crippen LogP contribution in [-0.2, 0) is 25.5 Å². The molecule has 0 spiro atoms. The van der Waals surface area contributed by atoms with Crippen LogP contribution in [0.5, 0.6) is 0 Å². The SMILES string of the molecule is C=C(C)C(=O)C(C)(C)C.C=C(C)C(=O)OCC(O)CC(C)(C)C.C=CC(=O)C(C)(C)C.C=CCC(C)(C)C.C=Cc1ccc(CC(C)(C)C)cc1. The fourth-order valence-electron chi connectivity index (χ4n) is 3.82. The summed E-state index contributed by atoms with van der Waals surface area (Å²) in [7, 11) is 0. The molecule has 1 atom stereocenters. The van der Waals surface area contributed by atoms with Crippen molar-refractivity contribution < 1.29 is 24.2 Å². The van der Waals surface area contributed by atoms with E-state index in [1.54, 1.807) is 13.8 Å². The number of hydrogen-bond donors (Lipinski definition) is 1. The lowest BCUT2D eigenvalue weighted by Crippen LogP contribution is -2.24. The summed E-state index contributed by atoms with van der Waals surface area (Å²) in [5.41, 5.74) is 3.92. The molecule has 0 fully saturated rings. The third-order valence-corrected chi connectivity index (χ3v) is 6.30. The van der Waals surface area contributed by atoms with E-state index in [9.17, 15) is 19.5 Å². The van der Waals surface area contributed by atoms with Crippen LogP contribution in [0.2, 0.25) is 0 Å². The van der Waals surface area contributed by atoms with Gasteiger partial charge in [0.2, 0.25) is 0 Å². The number of esters is 1. The normalized spacial score (nSPS) is 11.8. The van der Waals surface area contributed by atoms with Gasteiger partial charge in [-0.25, -0.2) is 4.79 Å². The van der Waals surface area contributed by atoms with Crippen LogP contribution in [0.4, 0.5) is 0 Å². The molecule has 5 nitrogen and oxygen atoms in total. The predicted octanol–water partition coefficient (Wildman–Crippen LogP) is 12.4. The van der Waals surface area contributed by atoms with E-state index in [0.717, 1.165) is 12.8 Å². The van der Waals surface area contributed by atoms with Crippen molar-refractivity contribution in [3.63, 3.8) is 0 Å². The van der Waals surface area contributed by atoms with E-state index >= 15 is 0 Å². The van der Waals surface area contributed by atoms with E-state index in [1.807, 2.05) is 74.5 Å². The summed E-state index contributed by atoms with van der Waals surface area (Å²) in [6.45, 7) is 51.9. The van der Waals surface area contributed by atoms with Crippen molar-refractivity contribution in [1.29, 1.82) is 0 Å². The van der Waals surface area contributed by atoms with E-state index in [2.05, 4.69) is 98.7 Å². The van der Waals surface area contributed by atoms with Gasteiger partial charge >= 0.3 is 5.97 Å². The lowest BCUT2D eigenvalue weighted by atomic mass is 9.87. The Hall–Kier alpha value is -3.31. The van der Waals surface area contributed by atoms with Crippen molar-refractivity contribution in [3.8, 4) is 0 Å². The van der Waals surface area contributed by atoms with Gasteiger partial charge in [0.1, 0.15) is 6.61 Å². The van der Waals surface area contributed by atoms with Crippen molar-refractivity contribution in [1.82, 2.24) is 0 Å². The van der Waals surface area contributed by atoms with Gasteiger partial charge in [0.25, 0.3) is 0 Å². The first kappa shape index (κ1) is 54.5. The lowest BCUT2D eigenvalue weighted by Gasteiger charge is -2.21. The molecule has 0 radical (unpaired) electrons. The summed E-state index contributed by atoms with van der Waals surface area (Å²) in [4.78, 5) is 32.8. The maximum absolute atomic E-state index is 11.1. The van der Waals surface area contributed by atoms with E-state index in [4.69, 9.17) is 4.74 Å². The molecule has 0 bridgehead atoms. The van der Waals surface area contributed by atoms with Crippen molar-refractivity contribution >= 4 is 23.6 Å². The maximum Gasteiger partial charge on any atom is 0.333 e. The highest BCUT2D eigenvalue weighted by Crippen LogP contribution is 2.22. The van der Waals surface area contributed by atoms with Gasteiger partial charge in [0, 0.05) is 16.4 Å². The number of aliphatic hydroxyl groups is 1. The predicted molar refractivity (Wildman–Crippen MR) is 224 cm³/mol. The van der Waals surface area contributed by atoms with Gasteiger partial charge in [-0.15, -0.1) is 6.58 Å². The first-order chi connectivity index (χ1) is 22.6. The highest BCUT2D eigenvalue weighted by atomic mass is 16.5.